The molecule has 6 heteroatoms. The molecule has 0 aliphatic carbocycles. The number of rotatable bonds is 12. The second-order valence-corrected chi connectivity index (χ2v) is 18.0. The Morgan fingerprint density at radius 1 is 0.846 bits per heavy atom. The minimum Gasteiger partial charge on any atom is -0.379 e. The fourth-order valence-corrected chi connectivity index (χ4v) is 13.9. The van der Waals surface area contributed by atoms with Crippen molar-refractivity contribution < 1.29 is 18.9 Å². The standard InChI is InChI=1S/C33H45NO4Si/c1-24(2)39(25(3)4,26(5)6)34-18-17-29(19-34)30-31-32(36-21-28-15-11-8-12-16-28)33(38-30,23-37-31)22-35-20-27-13-9-7-10-14-27/h7-19,24-26,30-32H,20-23H2,1-6H3/t30-,31+,32+,33+/m1/s1. The lowest BCUT2D eigenvalue weighted by Gasteiger charge is -2.44. The summed E-state index contributed by atoms with van der Waals surface area (Å²) in [5, 5.41) is 0. The predicted molar refractivity (Wildman–Crippen MR) is 158 cm³/mol. The molecular weight excluding hydrogens is 502 g/mol. The van der Waals surface area contributed by atoms with E-state index >= 15 is 0 Å². The molecule has 1 aromatic heterocycles. The van der Waals surface area contributed by atoms with Gasteiger partial charge in [-0.25, -0.2) is 0 Å². The van der Waals surface area contributed by atoms with Gasteiger partial charge in [0.15, 0.2) is 8.24 Å². The molecule has 0 amide bonds. The molecule has 39 heavy (non-hydrogen) atoms. The van der Waals surface area contributed by atoms with Crippen LogP contribution in [-0.2, 0) is 32.2 Å². The first-order chi connectivity index (χ1) is 18.8. The van der Waals surface area contributed by atoms with Gasteiger partial charge in [-0.2, -0.15) is 0 Å². The summed E-state index contributed by atoms with van der Waals surface area (Å²) in [7, 11) is -1.84. The summed E-state index contributed by atoms with van der Waals surface area (Å²) in [6.07, 6.45) is 4.10. The highest BCUT2D eigenvalue weighted by Crippen LogP contribution is 2.50. The Labute approximate surface area is 235 Å². The van der Waals surface area contributed by atoms with E-state index in [-0.39, 0.29) is 18.3 Å². The van der Waals surface area contributed by atoms with Gasteiger partial charge in [-0.3, -0.25) is 0 Å². The number of nitrogens with zero attached hydrogens (tertiary/aromatic N) is 1. The molecule has 210 valence electrons. The molecule has 5 rings (SSSR count). The summed E-state index contributed by atoms with van der Waals surface area (Å²) in [5.41, 5.74) is 4.70. The second-order valence-electron chi connectivity index (χ2n) is 12.3. The molecule has 0 saturated carbocycles. The molecule has 2 bridgehead atoms. The molecule has 4 atom stereocenters. The van der Waals surface area contributed by atoms with E-state index in [4.69, 9.17) is 18.9 Å². The van der Waals surface area contributed by atoms with Crippen LogP contribution in [0.1, 0.15) is 64.3 Å². The Balaban J connectivity index is 1.40. The van der Waals surface area contributed by atoms with Crippen LogP contribution in [0.15, 0.2) is 79.1 Å². The van der Waals surface area contributed by atoms with E-state index in [0.717, 1.165) is 11.1 Å². The van der Waals surface area contributed by atoms with Crippen LogP contribution in [-0.4, -0.2) is 43.5 Å². The van der Waals surface area contributed by atoms with Crippen molar-refractivity contribution in [2.45, 2.75) is 95.3 Å². The third-order valence-electron chi connectivity index (χ3n) is 8.99. The summed E-state index contributed by atoms with van der Waals surface area (Å²) in [6.45, 7) is 16.4. The molecule has 0 spiro atoms. The van der Waals surface area contributed by atoms with E-state index < -0.39 is 13.8 Å². The molecule has 2 saturated heterocycles. The van der Waals surface area contributed by atoms with E-state index in [9.17, 15) is 0 Å². The lowest BCUT2D eigenvalue weighted by Crippen LogP contribution is -2.51. The monoisotopic (exact) mass is 547 g/mol. The number of hydrogen-bond donors (Lipinski definition) is 0. The highest BCUT2D eigenvalue weighted by atomic mass is 28.3. The van der Waals surface area contributed by atoms with Gasteiger partial charge in [-0.15, -0.1) is 0 Å². The van der Waals surface area contributed by atoms with Gasteiger partial charge >= 0.3 is 0 Å². The molecule has 2 aromatic carbocycles. The Morgan fingerprint density at radius 2 is 1.44 bits per heavy atom. The third kappa shape index (κ3) is 5.30. The number of benzene rings is 2. The molecule has 5 nitrogen and oxygen atoms in total. The Kier molecular flexibility index (Phi) is 8.50. The number of ether oxygens (including phenoxy) is 4. The normalized spacial score (nSPS) is 24.9. The molecule has 0 radical (unpaired) electrons. The number of fused-ring (bicyclic) bond motifs is 2. The Hall–Kier alpha value is -2.22. The van der Waals surface area contributed by atoms with Crippen molar-refractivity contribution in [2.75, 3.05) is 13.2 Å². The van der Waals surface area contributed by atoms with Crippen molar-refractivity contribution in [1.82, 2.24) is 4.23 Å². The maximum atomic E-state index is 6.91. The van der Waals surface area contributed by atoms with Gasteiger partial charge in [0.2, 0.25) is 0 Å². The van der Waals surface area contributed by atoms with Gasteiger partial charge in [0, 0.05) is 11.8 Å². The Morgan fingerprint density at radius 3 is 2.03 bits per heavy atom. The molecule has 0 unspecified atom stereocenters. The van der Waals surface area contributed by atoms with Gasteiger partial charge in [-0.05, 0) is 40.0 Å². The first-order valence-electron chi connectivity index (χ1n) is 14.5. The summed E-state index contributed by atoms with van der Waals surface area (Å²) in [5.74, 6) is 0. The first-order valence-corrected chi connectivity index (χ1v) is 16.7. The molecule has 3 aromatic rings. The van der Waals surface area contributed by atoms with E-state index in [1.54, 1.807) is 0 Å². The van der Waals surface area contributed by atoms with Gasteiger partial charge in [0.25, 0.3) is 0 Å². The van der Waals surface area contributed by atoms with Crippen molar-refractivity contribution >= 4 is 8.24 Å². The average molecular weight is 548 g/mol. The topological polar surface area (TPSA) is 41.9 Å². The van der Waals surface area contributed by atoms with Crippen LogP contribution in [0.5, 0.6) is 0 Å². The maximum absolute atomic E-state index is 6.91. The summed E-state index contributed by atoms with van der Waals surface area (Å²) >= 11 is 0. The molecule has 0 N–H and O–H groups in total. The zero-order valence-electron chi connectivity index (χ0n) is 24.4. The molecular formula is C33H45NO4Si. The van der Waals surface area contributed by atoms with Crippen LogP contribution in [0.2, 0.25) is 16.6 Å². The fraction of sp³-hybridized carbons (Fsp3) is 0.515. The van der Waals surface area contributed by atoms with Crippen molar-refractivity contribution in [1.29, 1.82) is 0 Å². The molecule has 2 fully saturated rings. The van der Waals surface area contributed by atoms with Crippen molar-refractivity contribution in [3.05, 3.63) is 95.8 Å². The van der Waals surface area contributed by atoms with Crippen LogP contribution < -0.4 is 0 Å². The van der Waals surface area contributed by atoms with Gasteiger partial charge in [0.05, 0.1) is 26.4 Å². The van der Waals surface area contributed by atoms with Crippen LogP contribution in [0, 0.1) is 0 Å². The minimum absolute atomic E-state index is 0.168. The zero-order chi connectivity index (χ0) is 27.6. The predicted octanol–water partition coefficient (Wildman–Crippen LogP) is 7.52. The molecule has 2 aliphatic heterocycles. The third-order valence-corrected chi connectivity index (χ3v) is 15.7. The van der Waals surface area contributed by atoms with Crippen LogP contribution in [0.3, 0.4) is 0 Å². The van der Waals surface area contributed by atoms with E-state index in [1.165, 1.54) is 5.56 Å². The van der Waals surface area contributed by atoms with Gasteiger partial charge in [-0.1, -0.05) is 102 Å². The van der Waals surface area contributed by atoms with Crippen LogP contribution in [0.4, 0.5) is 0 Å². The summed E-state index contributed by atoms with van der Waals surface area (Å²) in [4.78, 5) is 0. The van der Waals surface area contributed by atoms with E-state index in [0.29, 0.717) is 43.1 Å². The van der Waals surface area contributed by atoms with Crippen molar-refractivity contribution in [2.24, 2.45) is 0 Å². The number of hydrogen-bond acceptors (Lipinski definition) is 4. The SMILES string of the molecule is CC(C)[Si](C(C)C)(C(C)C)n1ccc([C@H]2O[C@@]3(COCc4ccccc4)CO[C@@H]2[C@@H]3OCc2ccccc2)c1. The smallest absolute Gasteiger partial charge is 0.168 e. The van der Waals surface area contributed by atoms with E-state index in [2.05, 4.69) is 88.5 Å². The van der Waals surface area contributed by atoms with Crippen molar-refractivity contribution in [3.8, 4) is 0 Å². The van der Waals surface area contributed by atoms with Gasteiger partial charge < -0.3 is 23.2 Å². The highest BCUT2D eigenvalue weighted by molar-refractivity contribution is 6.82. The zero-order valence-corrected chi connectivity index (χ0v) is 25.4. The van der Waals surface area contributed by atoms with Crippen molar-refractivity contribution in [3.63, 3.8) is 0 Å². The van der Waals surface area contributed by atoms with Crippen LogP contribution in [0.25, 0.3) is 0 Å². The molecule has 3 heterocycles. The lowest BCUT2D eigenvalue weighted by molar-refractivity contribution is -0.176. The summed E-state index contributed by atoms with van der Waals surface area (Å²) in [6, 6.07) is 22.9. The number of aromatic nitrogens is 1. The Bertz CT molecular complexity index is 1170. The lowest BCUT2D eigenvalue weighted by atomic mass is 9.98. The van der Waals surface area contributed by atoms with Gasteiger partial charge in [0.1, 0.15) is 23.9 Å². The summed E-state index contributed by atoms with van der Waals surface area (Å²) < 4.78 is 28.8. The average Bonchev–Trinajstić information content (AvgIpc) is 3.61. The minimum atomic E-state index is -1.84. The second kappa shape index (κ2) is 11.7. The quantitative estimate of drug-likeness (QED) is 0.220. The van der Waals surface area contributed by atoms with E-state index in [1.807, 2.05) is 36.4 Å². The molecule has 2 aliphatic rings. The highest BCUT2D eigenvalue weighted by Gasteiger charge is 2.63. The maximum Gasteiger partial charge on any atom is 0.168 e. The largest absolute Gasteiger partial charge is 0.379 e. The fourth-order valence-electron chi connectivity index (χ4n) is 7.43. The van der Waals surface area contributed by atoms with Crippen LogP contribution >= 0.6 is 0 Å². The first kappa shape index (κ1) is 28.3.